The van der Waals surface area contributed by atoms with Crippen molar-refractivity contribution in [3.05, 3.63) is 71.4 Å². The second-order valence-electron chi connectivity index (χ2n) is 7.04. The predicted octanol–water partition coefficient (Wildman–Crippen LogP) is 3.64. The lowest BCUT2D eigenvalue weighted by atomic mass is 10.3. The summed E-state index contributed by atoms with van der Waals surface area (Å²) in [6.07, 6.45) is 4.51. The Labute approximate surface area is 190 Å². The van der Waals surface area contributed by atoms with Crippen LogP contribution in [0.5, 0.6) is 0 Å². The number of benzene rings is 1. The van der Waals surface area contributed by atoms with Gasteiger partial charge in [0.2, 0.25) is 17.7 Å². The molecule has 0 bridgehead atoms. The number of rotatable bonds is 7. The summed E-state index contributed by atoms with van der Waals surface area (Å²) >= 11 is 1.30. The number of para-hydroxylation sites is 1. The van der Waals surface area contributed by atoms with Gasteiger partial charge >= 0.3 is 0 Å². The molecule has 8 nitrogen and oxygen atoms in total. The number of anilines is 3. The van der Waals surface area contributed by atoms with Crippen LogP contribution in [-0.4, -0.2) is 46.2 Å². The fraction of sp³-hybridized carbons (Fsp3) is 0.174. The van der Waals surface area contributed by atoms with E-state index in [0.29, 0.717) is 16.6 Å². The molecule has 0 spiro atoms. The molecule has 1 N–H and O–H groups in total. The molecule has 2 heterocycles. The van der Waals surface area contributed by atoms with Crippen LogP contribution in [0.1, 0.15) is 18.2 Å². The van der Waals surface area contributed by atoms with Gasteiger partial charge in [-0.05, 0) is 42.8 Å². The molecular weight excluding hydrogens is 426 g/mol. The Hall–Kier alpha value is -3.85. The molecule has 0 saturated carbocycles. The zero-order valence-corrected chi connectivity index (χ0v) is 18.8. The number of aromatic nitrogens is 2. The number of carbonyl (C=O) groups is 3. The van der Waals surface area contributed by atoms with Gasteiger partial charge in [-0.25, -0.2) is 9.97 Å². The minimum atomic E-state index is -0.349. The van der Waals surface area contributed by atoms with Crippen LogP contribution in [0, 0.1) is 6.92 Å². The quantitative estimate of drug-likeness (QED) is 0.556. The van der Waals surface area contributed by atoms with E-state index >= 15 is 0 Å². The summed E-state index contributed by atoms with van der Waals surface area (Å²) < 4.78 is 0. The van der Waals surface area contributed by atoms with Crippen molar-refractivity contribution in [2.75, 3.05) is 23.8 Å². The van der Waals surface area contributed by atoms with Crippen LogP contribution < -0.4 is 10.2 Å². The molecule has 1 aromatic carbocycles. The number of carbonyl (C=O) groups excluding carboxylic acids is 3. The third-order valence-electron chi connectivity index (χ3n) is 4.37. The van der Waals surface area contributed by atoms with Crippen LogP contribution in [0.15, 0.2) is 60.1 Å². The zero-order valence-electron chi connectivity index (χ0n) is 18.0. The van der Waals surface area contributed by atoms with E-state index in [0.717, 1.165) is 11.3 Å². The van der Waals surface area contributed by atoms with E-state index in [4.69, 9.17) is 0 Å². The molecule has 0 atom stereocenters. The molecule has 3 aromatic rings. The van der Waals surface area contributed by atoms with Crippen molar-refractivity contribution in [3.63, 3.8) is 0 Å². The van der Waals surface area contributed by atoms with Crippen molar-refractivity contribution >= 4 is 51.8 Å². The molecule has 164 valence electrons. The molecule has 2 aromatic heterocycles. The van der Waals surface area contributed by atoms with Crippen molar-refractivity contribution in [2.45, 2.75) is 13.8 Å². The standard InChI is InChI=1S/C23H23N5O3S/c1-16-11-12-24-20(13-16)26-21(30)14-27(3)22(31)10-9-18-15-32-23(25-18)28(17(2)29)19-7-5-4-6-8-19/h4-13,15H,14H2,1-3H3,(H,24,26,30)/b10-9+. The van der Waals surface area contributed by atoms with Gasteiger partial charge in [0.15, 0.2) is 5.13 Å². The number of nitrogens with one attached hydrogen (secondary N) is 1. The summed E-state index contributed by atoms with van der Waals surface area (Å²) in [6.45, 7) is 3.25. The van der Waals surface area contributed by atoms with Crippen LogP contribution in [0.25, 0.3) is 6.08 Å². The maximum absolute atomic E-state index is 12.4. The third-order valence-corrected chi connectivity index (χ3v) is 5.21. The lowest BCUT2D eigenvalue weighted by Crippen LogP contribution is -2.34. The number of pyridine rings is 1. The van der Waals surface area contributed by atoms with Crippen molar-refractivity contribution < 1.29 is 14.4 Å². The van der Waals surface area contributed by atoms with Crippen LogP contribution in [0.4, 0.5) is 16.6 Å². The van der Waals surface area contributed by atoms with Crippen molar-refractivity contribution in [1.82, 2.24) is 14.9 Å². The molecule has 0 fully saturated rings. The fourth-order valence-corrected chi connectivity index (χ4v) is 3.68. The van der Waals surface area contributed by atoms with E-state index in [1.807, 2.05) is 43.3 Å². The van der Waals surface area contributed by atoms with E-state index in [9.17, 15) is 14.4 Å². The van der Waals surface area contributed by atoms with E-state index in [-0.39, 0.29) is 24.3 Å². The molecule has 3 amide bonds. The first-order valence-electron chi connectivity index (χ1n) is 9.80. The van der Waals surface area contributed by atoms with Gasteiger partial charge in [-0.1, -0.05) is 18.2 Å². The number of hydrogen-bond donors (Lipinski definition) is 1. The SMILES string of the molecule is CC(=O)N(c1ccccc1)c1nc(/C=C/C(=O)N(C)CC(=O)Nc2cc(C)ccn2)cs1. The average molecular weight is 450 g/mol. The second-order valence-corrected chi connectivity index (χ2v) is 7.88. The topological polar surface area (TPSA) is 95.5 Å². The minimum Gasteiger partial charge on any atom is -0.333 e. The Morgan fingerprint density at radius 3 is 2.59 bits per heavy atom. The van der Waals surface area contributed by atoms with E-state index in [1.165, 1.54) is 41.2 Å². The van der Waals surface area contributed by atoms with Gasteiger partial charge in [0.25, 0.3) is 0 Å². The number of thiazole rings is 1. The monoisotopic (exact) mass is 449 g/mol. The van der Waals surface area contributed by atoms with Crippen LogP contribution in [-0.2, 0) is 14.4 Å². The smallest absolute Gasteiger partial charge is 0.246 e. The highest BCUT2D eigenvalue weighted by Gasteiger charge is 2.17. The van der Waals surface area contributed by atoms with E-state index in [2.05, 4.69) is 15.3 Å². The molecule has 32 heavy (non-hydrogen) atoms. The third kappa shape index (κ3) is 6.08. The summed E-state index contributed by atoms with van der Waals surface area (Å²) in [6, 6.07) is 12.8. The van der Waals surface area contributed by atoms with Crippen LogP contribution >= 0.6 is 11.3 Å². The van der Waals surface area contributed by atoms with Gasteiger partial charge < -0.3 is 10.2 Å². The number of aryl methyl sites for hydroxylation is 1. The molecule has 0 aliphatic rings. The first kappa shape index (κ1) is 22.8. The Morgan fingerprint density at radius 2 is 1.91 bits per heavy atom. The van der Waals surface area contributed by atoms with E-state index in [1.54, 1.807) is 23.7 Å². The molecule has 0 aliphatic heterocycles. The molecule has 0 unspecified atom stereocenters. The number of likely N-dealkylation sites (N-methyl/N-ethyl adjacent to an activating group) is 1. The van der Waals surface area contributed by atoms with Gasteiger partial charge in [-0.2, -0.15) is 0 Å². The first-order valence-corrected chi connectivity index (χ1v) is 10.7. The lowest BCUT2D eigenvalue weighted by molar-refractivity contribution is -0.129. The van der Waals surface area contributed by atoms with Crippen molar-refractivity contribution in [3.8, 4) is 0 Å². The zero-order chi connectivity index (χ0) is 23.1. The highest BCUT2D eigenvalue weighted by Crippen LogP contribution is 2.29. The Morgan fingerprint density at radius 1 is 1.16 bits per heavy atom. The maximum Gasteiger partial charge on any atom is 0.246 e. The number of amides is 3. The molecule has 9 heteroatoms. The number of hydrogen-bond acceptors (Lipinski definition) is 6. The molecular formula is C23H23N5O3S. The normalized spacial score (nSPS) is 10.7. The highest BCUT2D eigenvalue weighted by atomic mass is 32.1. The van der Waals surface area contributed by atoms with Gasteiger partial charge in [-0.3, -0.25) is 19.3 Å². The molecule has 0 radical (unpaired) electrons. The lowest BCUT2D eigenvalue weighted by Gasteiger charge is -2.17. The summed E-state index contributed by atoms with van der Waals surface area (Å²) in [5.41, 5.74) is 2.23. The van der Waals surface area contributed by atoms with Crippen molar-refractivity contribution in [2.24, 2.45) is 0 Å². The van der Waals surface area contributed by atoms with Crippen LogP contribution in [0.2, 0.25) is 0 Å². The van der Waals surface area contributed by atoms with Crippen molar-refractivity contribution in [1.29, 1.82) is 0 Å². The van der Waals surface area contributed by atoms with Crippen LogP contribution in [0.3, 0.4) is 0 Å². The summed E-state index contributed by atoms with van der Waals surface area (Å²) in [4.78, 5) is 48.0. The predicted molar refractivity (Wildman–Crippen MR) is 126 cm³/mol. The molecule has 0 saturated heterocycles. The first-order chi connectivity index (χ1) is 15.3. The Balaban J connectivity index is 1.61. The minimum absolute atomic E-state index is 0.118. The summed E-state index contributed by atoms with van der Waals surface area (Å²) in [5, 5.41) is 4.93. The Bertz CT molecular complexity index is 1140. The second kappa shape index (κ2) is 10.5. The van der Waals surface area contributed by atoms with Gasteiger partial charge in [-0.15, -0.1) is 11.3 Å². The van der Waals surface area contributed by atoms with E-state index < -0.39 is 0 Å². The molecule has 3 rings (SSSR count). The number of nitrogens with zero attached hydrogens (tertiary/aromatic N) is 4. The average Bonchev–Trinajstić information content (AvgIpc) is 3.20. The summed E-state index contributed by atoms with van der Waals surface area (Å²) in [5.74, 6) is -0.414. The highest BCUT2D eigenvalue weighted by molar-refractivity contribution is 7.14. The Kier molecular flexibility index (Phi) is 7.45. The largest absolute Gasteiger partial charge is 0.333 e. The maximum atomic E-state index is 12.4. The van der Waals surface area contributed by atoms with Gasteiger partial charge in [0, 0.05) is 31.6 Å². The van der Waals surface area contributed by atoms with Gasteiger partial charge in [0.1, 0.15) is 5.82 Å². The fourth-order valence-electron chi connectivity index (χ4n) is 2.82. The molecule has 0 aliphatic carbocycles. The summed E-state index contributed by atoms with van der Waals surface area (Å²) in [7, 11) is 1.54. The van der Waals surface area contributed by atoms with Gasteiger partial charge in [0.05, 0.1) is 17.9 Å².